The van der Waals surface area contributed by atoms with E-state index in [9.17, 15) is 18.0 Å². The lowest BCUT2D eigenvalue weighted by Gasteiger charge is -2.23. The van der Waals surface area contributed by atoms with E-state index in [4.69, 9.17) is 11.6 Å². The Morgan fingerprint density at radius 2 is 2.10 bits per heavy atom. The van der Waals surface area contributed by atoms with Crippen LogP contribution in [-0.4, -0.2) is 30.4 Å². The van der Waals surface area contributed by atoms with E-state index in [0.717, 1.165) is 6.07 Å². The fraction of sp³-hybridized carbons (Fsp3) is 0.500. The number of hydrogen-bond acceptors (Lipinski definition) is 2. The van der Waals surface area contributed by atoms with Crippen LogP contribution in [0.25, 0.3) is 0 Å². The Morgan fingerprint density at radius 1 is 1.43 bits per heavy atom. The lowest BCUT2D eigenvalue weighted by Crippen LogP contribution is -2.40. The molecule has 1 heterocycles. The number of carbonyl (C=O) groups is 1. The van der Waals surface area contributed by atoms with Crippen LogP contribution in [0.1, 0.15) is 18.9 Å². The van der Waals surface area contributed by atoms with Gasteiger partial charge in [0.05, 0.1) is 5.56 Å². The highest BCUT2D eigenvalue weighted by atomic mass is 35.5. The fourth-order valence-electron chi connectivity index (χ4n) is 2.40. The number of rotatable bonds is 3. The molecule has 0 radical (unpaired) electrons. The smallest absolute Gasteiger partial charge is 0.369 e. The average Bonchev–Trinajstić information content (AvgIpc) is 2.86. The minimum atomic E-state index is -4.39. The van der Waals surface area contributed by atoms with Crippen molar-refractivity contribution in [2.24, 2.45) is 0 Å². The average molecular weight is 321 g/mol. The molecule has 21 heavy (non-hydrogen) atoms. The second-order valence-corrected chi connectivity index (χ2v) is 5.73. The van der Waals surface area contributed by atoms with Gasteiger partial charge in [-0.3, -0.25) is 4.79 Å². The second kappa shape index (κ2) is 6.13. The highest BCUT2D eigenvalue weighted by Gasteiger charge is 2.36. The van der Waals surface area contributed by atoms with E-state index >= 15 is 0 Å². The van der Waals surface area contributed by atoms with E-state index in [2.05, 4.69) is 5.32 Å². The molecule has 1 amide bonds. The van der Waals surface area contributed by atoms with Crippen molar-refractivity contribution >= 4 is 23.2 Å². The zero-order valence-electron chi connectivity index (χ0n) is 11.5. The van der Waals surface area contributed by atoms with Gasteiger partial charge in [-0.1, -0.05) is 12.1 Å². The Balaban J connectivity index is 2.10. The summed E-state index contributed by atoms with van der Waals surface area (Å²) in [5, 5.41) is 2.09. The predicted molar refractivity (Wildman–Crippen MR) is 75.5 cm³/mol. The van der Waals surface area contributed by atoms with Crippen LogP contribution in [0.3, 0.4) is 0 Å². The van der Waals surface area contributed by atoms with E-state index in [1.807, 2.05) is 0 Å². The first-order valence-electron chi connectivity index (χ1n) is 6.64. The third-order valence-corrected chi connectivity index (χ3v) is 3.64. The van der Waals surface area contributed by atoms with Crippen LogP contribution in [0.4, 0.5) is 18.9 Å². The van der Waals surface area contributed by atoms with Crippen molar-refractivity contribution in [3.8, 4) is 0 Å². The topological polar surface area (TPSA) is 32.3 Å². The summed E-state index contributed by atoms with van der Waals surface area (Å²) in [6.07, 6.45) is -3.79. The molecule has 7 heteroatoms. The van der Waals surface area contributed by atoms with Crippen LogP contribution in [-0.2, 0) is 11.0 Å². The summed E-state index contributed by atoms with van der Waals surface area (Å²) in [6, 6.07) is 5.30. The molecule has 2 atom stereocenters. The lowest BCUT2D eigenvalue weighted by molar-refractivity contribution is -0.137. The first-order valence-corrected chi connectivity index (χ1v) is 7.08. The molecule has 0 aromatic heterocycles. The number of nitrogens with zero attached hydrogens (tertiary/aromatic N) is 1. The number of anilines is 1. The molecule has 0 aliphatic carbocycles. The monoisotopic (exact) mass is 320 g/mol. The summed E-state index contributed by atoms with van der Waals surface area (Å²) in [6.45, 7) is 2.37. The van der Waals surface area contributed by atoms with E-state index in [-0.39, 0.29) is 17.6 Å². The van der Waals surface area contributed by atoms with Crippen LogP contribution in [0.15, 0.2) is 24.3 Å². The van der Waals surface area contributed by atoms with Gasteiger partial charge in [-0.2, -0.15) is 13.2 Å². The fourth-order valence-corrected chi connectivity index (χ4v) is 2.47. The summed E-state index contributed by atoms with van der Waals surface area (Å²) in [5.74, 6) is -0.298. The molecule has 1 fully saturated rings. The normalized spacial score (nSPS) is 20.4. The standard InChI is InChI=1S/C14H16ClF3N2O/c1-9(15)13(21)19-10-6-7-20(8-10)12-5-3-2-4-11(12)14(16,17)18/h2-5,9-10H,6-8H2,1H3,(H,19,21). The molecule has 2 unspecified atom stereocenters. The van der Waals surface area contributed by atoms with Crippen molar-refractivity contribution in [1.82, 2.24) is 5.32 Å². The minimum Gasteiger partial charge on any atom is -0.369 e. The maximum atomic E-state index is 13.0. The molecule has 1 saturated heterocycles. The molecule has 1 aromatic rings. The van der Waals surface area contributed by atoms with Crippen LogP contribution >= 0.6 is 11.6 Å². The lowest BCUT2D eigenvalue weighted by atomic mass is 10.1. The van der Waals surface area contributed by atoms with Crippen molar-refractivity contribution in [1.29, 1.82) is 0 Å². The van der Waals surface area contributed by atoms with Crippen LogP contribution in [0, 0.1) is 0 Å². The summed E-state index contributed by atoms with van der Waals surface area (Å²) in [7, 11) is 0. The minimum absolute atomic E-state index is 0.153. The summed E-state index contributed by atoms with van der Waals surface area (Å²) in [5.41, 5.74) is -0.497. The van der Waals surface area contributed by atoms with E-state index in [1.165, 1.54) is 12.1 Å². The van der Waals surface area contributed by atoms with Gasteiger partial charge in [0.1, 0.15) is 5.38 Å². The number of alkyl halides is 4. The zero-order chi connectivity index (χ0) is 15.6. The number of carbonyl (C=O) groups excluding carboxylic acids is 1. The first-order chi connectivity index (χ1) is 9.79. The number of nitrogens with one attached hydrogen (secondary N) is 1. The zero-order valence-corrected chi connectivity index (χ0v) is 12.2. The van der Waals surface area contributed by atoms with E-state index < -0.39 is 17.1 Å². The third-order valence-electron chi connectivity index (χ3n) is 3.45. The van der Waals surface area contributed by atoms with Gasteiger partial charge in [-0.15, -0.1) is 11.6 Å². The quantitative estimate of drug-likeness (QED) is 0.868. The van der Waals surface area contributed by atoms with Gasteiger partial charge in [0.25, 0.3) is 0 Å². The van der Waals surface area contributed by atoms with Crippen LogP contribution in [0.5, 0.6) is 0 Å². The number of benzene rings is 1. The molecule has 116 valence electrons. The first kappa shape index (κ1) is 15.9. The maximum Gasteiger partial charge on any atom is 0.418 e. The number of hydrogen-bond donors (Lipinski definition) is 1. The van der Waals surface area contributed by atoms with Crippen molar-refractivity contribution in [3.63, 3.8) is 0 Å². The van der Waals surface area contributed by atoms with Gasteiger partial charge in [0, 0.05) is 24.8 Å². The second-order valence-electron chi connectivity index (χ2n) is 5.07. The molecule has 0 spiro atoms. The number of amides is 1. The summed E-state index contributed by atoms with van der Waals surface area (Å²) < 4.78 is 39.0. The Hall–Kier alpha value is -1.43. The predicted octanol–water partition coefficient (Wildman–Crippen LogP) is 3.03. The van der Waals surface area contributed by atoms with Crippen LogP contribution < -0.4 is 10.2 Å². The number of halogens is 4. The Morgan fingerprint density at radius 3 is 2.71 bits per heavy atom. The molecule has 1 aromatic carbocycles. The molecule has 0 bridgehead atoms. The molecule has 1 N–H and O–H groups in total. The molecular weight excluding hydrogens is 305 g/mol. The van der Waals surface area contributed by atoms with Gasteiger partial charge in [0.15, 0.2) is 0 Å². The van der Waals surface area contributed by atoms with Gasteiger partial charge in [-0.25, -0.2) is 0 Å². The Bertz CT molecular complexity index is 519. The van der Waals surface area contributed by atoms with Crippen LogP contribution in [0.2, 0.25) is 0 Å². The third kappa shape index (κ3) is 3.81. The van der Waals surface area contributed by atoms with Crippen molar-refractivity contribution in [2.75, 3.05) is 18.0 Å². The largest absolute Gasteiger partial charge is 0.418 e. The maximum absolute atomic E-state index is 13.0. The number of para-hydroxylation sites is 1. The van der Waals surface area contributed by atoms with Gasteiger partial charge in [0.2, 0.25) is 5.91 Å². The van der Waals surface area contributed by atoms with Crippen molar-refractivity contribution in [3.05, 3.63) is 29.8 Å². The SMILES string of the molecule is CC(Cl)C(=O)NC1CCN(c2ccccc2C(F)(F)F)C1. The van der Waals surface area contributed by atoms with Crippen molar-refractivity contribution < 1.29 is 18.0 Å². The van der Waals surface area contributed by atoms with E-state index in [1.54, 1.807) is 17.9 Å². The highest BCUT2D eigenvalue weighted by Crippen LogP contribution is 2.37. The molecule has 3 nitrogen and oxygen atoms in total. The van der Waals surface area contributed by atoms with Crippen molar-refractivity contribution in [2.45, 2.75) is 30.9 Å². The molecule has 2 rings (SSSR count). The summed E-state index contributed by atoms with van der Waals surface area (Å²) in [4.78, 5) is 13.2. The van der Waals surface area contributed by atoms with E-state index in [0.29, 0.717) is 19.5 Å². The van der Waals surface area contributed by atoms with Gasteiger partial charge in [-0.05, 0) is 25.5 Å². The van der Waals surface area contributed by atoms with Gasteiger partial charge >= 0.3 is 6.18 Å². The summed E-state index contributed by atoms with van der Waals surface area (Å²) >= 11 is 5.67. The molecule has 1 aliphatic heterocycles. The Labute approximate surface area is 126 Å². The molecule has 0 saturated carbocycles. The van der Waals surface area contributed by atoms with Gasteiger partial charge < -0.3 is 10.2 Å². The molecular formula is C14H16ClF3N2O. The molecule has 1 aliphatic rings. The Kier molecular flexibility index (Phi) is 4.66. The highest BCUT2D eigenvalue weighted by molar-refractivity contribution is 6.30.